The van der Waals surface area contributed by atoms with Gasteiger partial charge in [-0.15, -0.1) is 0 Å². The van der Waals surface area contributed by atoms with Crippen LogP contribution in [0.4, 0.5) is 0 Å². The molecular weight excluding hydrogens is 392 g/mol. The van der Waals surface area contributed by atoms with E-state index in [0.29, 0.717) is 25.4 Å². The molecule has 4 aromatic rings. The molecule has 0 fully saturated rings. The summed E-state index contributed by atoms with van der Waals surface area (Å²) in [6, 6.07) is 7.53. The maximum Gasteiger partial charge on any atom is 0.338 e. The van der Waals surface area contributed by atoms with E-state index in [-0.39, 0.29) is 17.0 Å². The van der Waals surface area contributed by atoms with Crippen LogP contribution < -0.4 is 10.3 Å². The van der Waals surface area contributed by atoms with Crippen molar-refractivity contribution in [2.24, 2.45) is 0 Å². The predicted octanol–water partition coefficient (Wildman–Crippen LogP) is 1.08. The zero-order valence-corrected chi connectivity index (χ0v) is 16.0. The van der Waals surface area contributed by atoms with Crippen molar-refractivity contribution in [3.63, 3.8) is 0 Å². The van der Waals surface area contributed by atoms with Crippen molar-refractivity contribution in [3.05, 3.63) is 64.5 Å². The normalized spacial score (nSPS) is 11.1. The summed E-state index contributed by atoms with van der Waals surface area (Å²) in [6.45, 7) is 1.41. The number of ether oxygens (including phenoxy) is 2. The van der Waals surface area contributed by atoms with Crippen molar-refractivity contribution in [1.82, 2.24) is 29.3 Å². The summed E-state index contributed by atoms with van der Waals surface area (Å²) < 4.78 is 13.4. The van der Waals surface area contributed by atoms with Crippen LogP contribution in [0.25, 0.3) is 17.1 Å². The van der Waals surface area contributed by atoms with Gasteiger partial charge in [-0.25, -0.2) is 14.5 Å². The molecule has 2 N–H and O–H groups in total. The summed E-state index contributed by atoms with van der Waals surface area (Å²) in [7, 11) is 1.61. The standard InChI is InChI=1S/C19H18N6O5/c1-29-6-7-30-14-4-2-12(3-5-14)9-24-11-20-15-16(24)22-19(23-17(15)26)25-10-13(8-21-25)18(27)28/h2-5,8,10-11H,6-7,9H2,1H3,(H,27,28)(H,22,23,26). The minimum absolute atomic E-state index is 0.0148. The highest BCUT2D eigenvalue weighted by Crippen LogP contribution is 2.15. The van der Waals surface area contributed by atoms with Crippen LogP contribution in [0, 0.1) is 0 Å². The fraction of sp³-hybridized carbons (Fsp3) is 0.211. The zero-order valence-electron chi connectivity index (χ0n) is 16.0. The number of aromatic amines is 1. The van der Waals surface area contributed by atoms with Crippen molar-refractivity contribution in [2.75, 3.05) is 20.3 Å². The van der Waals surface area contributed by atoms with E-state index in [1.165, 1.54) is 23.4 Å². The fourth-order valence-corrected chi connectivity index (χ4v) is 2.85. The molecule has 11 nitrogen and oxygen atoms in total. The van der Waals surface area contributed by atoms with E-state index in [4.69, 9.17) is 14.6 Å². The second-order valence-electron chi connectivity index (χ2n) is 6.40. The number of carboxylic acid groups (broad SMARTS) is 1. The number of benzene rings is 1. The highest BCUT2D eigenvalue weighted by molar-refractivity contribution is 5.86. The van der Waals surface area contributed by atoms with Gasteiger partial charge in [0.15, 0.2) is 11.2 Å². The Bertz CT molecular complexity index is 1240. The largest absolute Gasteiger partial charge is 0.491 e. The van der Waals surface area contributed by atoms with Crippen LogP contribution in [0.5, 0.6) is 5.75 Å². The van der Waals surface area contributed by atoms with E-state index < -0.39 is 11.5 Å². The van der Waals surface area contributed by atoms with Gasteiger partial charge in [0.05, 0.1) is 31.2 Å². The third-order valence-corrected chi connectivity index (χ3v) is 4.34. The summed E-state index contributed by atoms with van der Waals surface area (Å²) >= 11 is 0. The summed E-state index contributed by atoms with van der Waals surface area (Å²) in [5, 5.41) is 13.0. The van der Waals surface area contributed by atoms with Crippen molar-refractivity contribution in [1.29, 1.82) is 0 Å². The number of nitrogens with one attached hydrogen (secondary N) is 1. The summed E-state index contributed by atoms with van der Waals surface area (Å²) in [5.41, 5.74) is 1.05. The first-order valence-electron chi connectivity index (χ1n) is 8.99. The van der Waals surface area contributed by atoms with Crippen LogP contribution in [0.2, 0.25) is 0 Å². The molecule has 154 valence electrons. The minimum Gasteiger partial charge on any atom is -0.491 e. The molecule has 0 aliphatic rings. The topological polar surface area (TPSA) is 137 Å². The number of rotatable bonds is 8. The Balaban J connectivity index is 1.61. The van der Waals surface area contributed by atoms with Gasteiger partial charge in [-0.1, -0.05) is 12.1 Å². The zero-order chi connectivity index (χ0) is 21.1. The Hall–Kier alpha value is -3.99. The Morgan fingerprint density at radius 2 is 2.03 bits per heavy atom. The van der Waals surface area contributed by atoms with Crippen molar-refractivity contribution < 1.29 is 19.4 Å². The Morgan fingerprint density at radius 1 is 1.23 bits per heavy atom. The Kier molecular flexibility index (Phi) is 5.26. The number of fused-ring (bicyclic) bond motifs is 1. The lowest BCUT2D eigenvalue weighted by Crippen LogP contribution is -2.15. The molecule has 0 unspecified atom stereocenters. The lowest BCUT2D eigenvalue weighted by Gasteiger charge is -2.08. The first kappa shape index (κ1) is 19.3. The van der Waals surface area contributed by atoms with E-state index in [2.05, 4.69) is 20.1 Å². The molecule has 0 saturated carbocycles. The average molecular weight is 410 g/mol. The number of methoxy groups -OCH3 is 1. The molecule has 30 heavy (non-hydrogen) atoms. The van der Waals surface area contributed by atoms with Crippen LogP contribution in [-0.2, 0) is 11.3 Å². The average Bonchev–Trinajstić information content (AvgIpc) is 3.38. The smallest absolute Gasteiger partial charge is 0.338 e. The highest BCUT2D eigenvalue weighted by Gasteiger charge is 2.14. The van der Waals surface area contributed by atoms with Crippen LogP contribution in [-0.4, -0.2) is 60.7 Å². The van der Waals surface area contributed by atoms with Crippen LogP contribution in [0.1, 0.15) is 15.9 Å². The van der Waals surface area contributed by atoms with Crippen LogP contribution in [0.15, 0.2) is 47.8 Å². The Morgan fingerprint density at radius 3 is 2.73 bits per heavy atom. The van der Waals surface area contributed by atoms with Crippen LogP contribution in [0.3, 0.4) is 0 Å². The van der Waals surface area contributed by atoms with Gasteiger partial charge in [-0.05, 0) is 17.7 Å². The first-order chi connectivity index (χ1) is 14.5. The molecule has 4 rings (SSSR count). The third-order valence-electron chi connectivity index (χ3n) is 4.34. The number of nitrogens with zero attached hydrogens (tertiary/aromatic N) is 5. The molecule has 3 heterocycles. The number of hydrogen-bond donors (Lipinski definition) is 2. The number of aromatic carboxylic acids is 1. The van der Waals surface area contributed by atoms with Crippen molar-refractivity contribution >= 4 is 17.1 Å². The molecular formula is C19H18N6O5. The number of H-pyrrole nitrogens is 1. The molecule has 0 spiro atoms. The van der Waals surface area contributed by atoms with Gasteiger partial charge in [-0.3, -0.25) is 9.78 Å². The van der Waals surface area contributed by atoms with Gasteiger partial charge < -0.3 is 19.1 Å². The van der Waals surface area contributed by atoms with Gasteiger partial charge in [0.2, 0.25) is 5.95 Å². The SMILES string of the molecule is COCCOc1ccc(Cn2cnc3c(=O)[nH]c(-n4cc(C(=O)O)cn4)nc32)cc1. The molecule has 3 aromatic heterocycles. The van der Waals surface area contributed by atoms with Gasteiger partial charge in [0.1, 0.15) is 12.4 Å². The second-order valence-corrected chi connectivity index (χ2v) is 6.40. The van der Waals surface area contributed by atoms with E-state index >= 15 is 0 Å². The molecule has 11 heteroatoms. The van der Waals surface area contributed by atoms with Gasteiger partial charge in [0, 0.05) is 13.3 Å². The Labute approximate surface area is 169 Å². The third kappa shape index (κ3) is 3.91. The highest BCUT2D eigenvalue weighted by atomic mass is 16.5. The number of hydrogen-bond acceptors (Lipinski definition) is 7. The van der Waals surface area contributed by atoms with Gasteiger partial charge in [0.25, 0.3) is 5.56 Å². The van der Waals surface area contributed by atoms with E-state index in [0.717, 1.165) is 11.3 Å². The fourth-order valence-electron chi connectivity index (χ4n) is 2.85. The van der Waals surface area contributed by atoms with Gasteiger partial charge >= 0.3 is 5.97 Å². The van der Waals surface area contributed by atoms with E-state index in [1.54, 1.807) is 11.7 Å². The molecule has 0 atom stereocenters. The minimum atomic E-state index is -1.12. The summed E-state index contributed by atoms with van der Waals surface area (Å²) in [6.07, 6.45) is 3.99. The van der Waals surface area contributed by atoms with E-state index in [9.17, 15) is 9.59 Å². The summed E-state index contributed by atoms with van der Waals surface area (Å²) in [4.78, 5) is 34.6. The van der Waals surface area contributed by atoms with Crippen LogP contribution >= 0.6 is 0 Å². The lowest BCUT2D eigenvalue weighted by molar-refractivity contribution is 0.0697. The molecule has 0 bridgehead atoms. The number of aromatic nitrogens is 6. The number of carbonyl (C=O) groups is 1. The number of imidazole rings is 1. The predicted molar refractivity (Wildman–Crippen MR) is 105 cm³/mol. The van der Waals surface area contributed by atoms with E-state index in [1.807, 2.05) is 24.3 Å². The maximum absolute atomic E-state index is 12.4. The van der Waals surface area contributed by atoms with Crippen molar-refractivity contribution in [3.8, 4) is 11.7 Å². The second kappa shape index (κ2) is 8.17. The van der Waals surface area contributed by atoms with Gasteiger partial charge in [-0.2, -0.15) is 10.1 Å². The molecule has 0 aliphatic carbocycles. The number of carboxylic acids is 1. The first-order valence-corrected chi connectivity index (χ1v) is 8.99. The monoisotopic (exact) mass is 410 g/mol. The van der Waals surface area contributed by atoms with Crippen molar-refractivity contribution in [2.45, 2.75) is 6.54 Å². The quantitative estimate of drug-likeness (QED) is 0.412. The molecule has 0 saturated heterocycles. The lowest BCUT2D eigenvalue weighted by atomic mass is 10.2. The summed E-state index contributed by atoms with van der Waals surface area (Å²) in [5.74, 6) is -0.288. The maximum atomic E-state index is 12.4. The molecule has 0 aliphatic heterocycles. The molecule has 1 aromatic carbocycles. The molecule has 0 amide bonds. The molecule has 0 radical (unpaired) electrons.